The molecule has 0 unspecified atom stereocenters. The predicted molar refractivity (Wildman–Crippen MR) is 248 cm³/mol. The maximum absolute atomic E-state index is 7.18. The van der Waals surface area contributed by atoms with E-state index in [0.717, 1.165) is 56.2 Å². The van der Waals surface area contributed by atoms with E-state index in [4.69, 9.17) is 4.74 Å². The summed E-state index contributed by atoms with van der Waals surface area (Å²) in [6.45, 7) is 4.71. The van der Waals surface area contributed by atoms with E-state index in [-0.39, 0.29) is 5.41 Å². The molecule has 0 bridgehead atoms. The summed E-state index contributed by atoms with van der Waals surface area (Å²) >= 11 is 0. The molecule has 0 fully saturated rings. The number of fused-ring (bicyclic) bond motifs is 12. The average molecular weight is 754 g/mol. The first-order chi connectivity index (χ1) is 29.0. The van der Waals surface area contributed by atoms with E-state index >= 15 is 0 Å². The van der Waals surface area contributed by atoms with Crippen LogP contribution in [0, 0.1) is 0 Å². The second-order valence-electron chi connectivity index (χ2n) is 16.5. The highest BCUT2D eigenvalue weighted by molar-refractivity contribution is 6.15. The zero-order valence-corrected chi connectivity index (χ0v) is 32.9. The van der Waals surface area contributed by atoms with E-state index in [1.165, 1.54) is 60.3 Å². The maximum atomic E-state index is 7.18. The second kappa shape index (κ2) is 12.8. The topological polar surface area (TPSA) is 12.5 Å². The molecule has 1 aliphatic carbocycles. The first kappa shape index (κ1) is 33.7. The molecule has 2 heteroatoms. The van der Waals surface area contributed by atoms with E-state index < -0.39 is 0 Å². The molecule has 59 heavy (non-hydrogen) atoms. The van der Waals surface area contributed by atoms with Crippen LogP contribution in [0.15, 0.2) is 200 Å². The Morgan fingerprint density at radius 1 is 0.356 bits per heavy atom. The lowest BCUT2D eigenvalue weighted by Crippen LogP contribution is -2.16. The fourth-order valence-corrected chi connectivity index (χ4v) is 9.88. The standard InChI is InChI=1S/C57H39NO/c1-57(2)52-23-13-12-21-46(52)47-28-25-41(34-53(47)57)58(54-32-40-18-8-9-19-43(40)44-20-10-11-22-48(44)54)42-26-29-49-45-27-24-39(36-14-4-3-5-15-36)30-50(45)51-31-37-16-6-7-17-38(37)33-55(51)59-56(49)35-42/h3-35H,1-2H3. The zero-order valence-electron chi connectivity index (χ0n) is 32.9. The van der Waals surface area contributed by atoms with Crippen LogP contribution in [-0.2, 0) is 5.41 Å². The van der Waals surface area contributed by atoms with E-state index in [1.54, 1.807) is 0 Å². The number of ether oxygens (including phenoxy) is 1. The Labute approximate surface area is 344 Å². The van der Waals surface area contributed by atoms with Crippen molar-refractivity contribution < 1.29 is 4.74 Å². The number of hydrogen-bond acceptors (Lipinski definition) is 2. The summed E-state index contributed by atoms with van der Waals surface area (Å²) in [4.78, 5) is 2.45. The van der Waals surface area contributed by atoms with Crippen molar-refractivity contribution in [2.45, 2.75) is 19.3 Å². The van der Waals surface area contributed by atoms with Gasteiger partial charge < -0.3 is 9.64 Å². The van der Waals surface area contributed by atoms with Gasteiger partial charge in [0.15, 0.2) is 0 Å². The van der Waals surface area contributed by atoms with Crippen molar-refractivity contribution in [2.24, 2.45) is 0 Å². The fraction of sp³-hybridized carbons (Fsp3) is 0.0526. The normalized spacial score (nSPS) is 13.2. The summed E-state index contributed by atoms with van der Waals surface area (Å²) in [7, 11) is 0. The third kappa shape index (κ3) is 5.20. The summed E-state index contributed by atoms with van der Waals surface area (Å²) in [5, 5.41) is 7.22. The van der Waals surface area contributed by atoms with Gasteiger partial charge in [-0.1, -0.05) is 159 Å². The third-order valence-electron chi connectivity index (χ3n) is 12.8. The van der Waals surface area contributed by atoms with Gasteiger partial charge in [-0.2, -0.15) is 0 Å². The molecule has 12 rings (SSSR count). The largest absolute Gasteiger partial charge is 0.456 e. The van der Waals surface area contributed by atoms with Crippen LogP contribution in [0.4, 0.5) is 17.1 Å². The zero-order chi connectivity index (χ0) is 39.2. The van der Waals surface area contributed by atoms with Gasteiger partial charge in [-0.3, -0.25) is 0 Å². The summed E-state index contributed by atoms with van der Waals surface area (Å²) in [5.41, 5.74) is 15.3. The van der Waals surface area contributed by atoms with Crippen LogP contribution in [0.2, 0.25) is 0 Å². The van der Waals surface area contributed by atoms with Crippen LogP contribution in [-0.4, -0.2) is 0 Å². The highest BCUT2D eigenvalue weighted by atomic mass is 16.5. The smallest absolute Gasteiger partial charge is 0.137 e. The van der Waals surface area contributed by atoms with Crippen LogP contribution < -0.4 is 9.64 Å². The lowest BCUT2D eigenvalue weighted by Gasteiger charge is -2.30. The Hall–Kier alpha value is -7.42. The van der Waals surface area contributed by atoms with Gasteiger partial charge in [0.1, 0.15) is 11.5 Å². The summed E-state index contributed by atoms with van der Waals surface area (Å²) < 4.78 is 7.18. The van der Waals surface area contributed by atoms with Gasteiger partial charge in [0.05, 0.1) is 5.69 Å². The Balaban J connectivity index is 1.11. The molecule has 0 aromatic heterocycles. The van der Waals surface area contributed by atoms with Crippen LogP contribution >= 0.6 is 0 Å². The minimum Gasteiger partial charge on any atom is -0.456 e. The first-order valence-electron chi connectivity index (χ1n) is 20.5. The number of anilines is 3. The predicted octanol–water partition coefficient (Wildman–Crippen LogP) is 16.0. The fourth-order valence-electron chi connectivity index (χ4n) is 9.88. The molecular formula is C57H39NO. The molecule has 2 aliphatic rings. The lowest BCUT2D eigenvalue weighted by atomic mass is 9.82. The molecule has 0 saturated heterocycles. The lowest BCUT2D eigenvalue weighted by molar-refractivity contribution is 0.488. The molecule has 0 radical (unpaired) electrons. The molecule has 0 N–H and O–H groups in total. The molecule has 10 aromatic rings. The molecule has 0 spiro atoms. The van der Waals surface area contributed by atoms with Crippen LogP contribution in [0.1, 0.15) is 25.0 Å². The quantitative estimate of drug-likeness (QED) is 0.166. The van der Waals surface area contributed by atoms with Gasteiger partial charge in [0.2, 0.25) is 0 Å². The third-order valence-corrected chi connectivity index (χ3v) is 12.8. The summed E-state index contributed by atoms with van der Waals surface area (Å²) in [6.07, 6.45) is 0. The van der Waals surface area contributed by atoms with E-state index in [0.29, 0.717) is 0 Å². The van der Waals surface area contributed by atoms with Crippen molar-refractivity contribution in [1.82, 2.24) is 0 Å². The van der Waals surface area contributed by atoms with Gasteiger partial charge >= 0.3 is 0 Å². The van der Waals surface area contributed by atoms with Gasteiger partial charge in [-0.25, -0.2) is 0 Å². The molecule has 2 nitrogen and oxygen atoms in total. The molecule has 278 valence electrons. The SMILES string of the molecule is CC1(C)c2ccccc2-c2ccc(N(c3ccc4c(c3)Oc3cc5ccccc5cc3-c3cc(-c5ccccc5)ccc3-4)c3cc4ccccc4c4ccccc34)cc21. The highest BCUT2D eigenvalue weighted by Crippen LogP contribution is 2.54. The molecule has 0 amide bonds. The van der Waals surface area contributed by atoms with Crippen molar-refractivity contribution in [2.75, 3.05) is 4.90 Å². The van der Waals surface area contributed by atoms with Gasteiger partial charge in [0, 0.05) is 39.4 Å². The maximum Gasteiger partial charge on any atom is 0.137 e. The molecule has 0 atom stereocenters. The van der Waals surface area contributed by atoms with Crippen molar-refractivity contribution in [1.29, 1.82) is 0 Å². The molecule has 1 heterocycles. The van der Waals surface area contributed by atoms with Gasteiger partial charge in [-0.15, -0.1) is 0 Å². The minimum absolute atomic E-state index is 0.148. The van der Waals surface area contributed by atoms with Crippen molar-refractivity contribution in [3.63, 3.8) is 0 Å². The average Bonchev–Trinajstić information content (AvgIpc) is 3.42. The number of hydrogen-bond donors (Lipinski definition) is 0. The minimum atomic E-state index is -0.148. The Bertz CT molecular complexity index is 3340. The Morgan fingerprint density at radius 2 is 0.966 bits per heavy atom. The van der Waals surface area contributed by atoms with E-state index in [9.17, 15) is 0 Å². The van der Waals surface area contributed by atoms with Crippen molar-refractivity contribution in [3.8, 4) is 56.0 Å². The van der Waals surface area contributed by atoms with Crippen LogP contribution in [0.25, 0.3) is 76.8 Å². The molecule has 10 aromatic carbocycles. The number of nitrogens with zero attached hydrogens (tertiary/aromatic N) is 1. The summed E-state index contributed by atoms with van der Waals surface area (Å²) in [5.74, 6) is 1.68. The Morgan fingerprint density at radius 3 is 1.80 bits per heavy atom. The Kier molecular flexibility index (Phi) is 7.31. The molecule has 1 aliphatic heterocycles. The van der Waals surface area contributed by atoms with Crippen LogP contribution in [0.5, 0.6) is 11.5 Å². The van der Waals surface area contributed by atoms with Gasteiger partial charge in [-0.05, 0) is 120 Å². The van der Waals surface area contributed by atoms with Crippen LogP contribution in [0.3, 0.4) is 0 Å². The second-order valence-corrected chi connectivity index (χ2v) is 16.5. The van der Waals surface area contributed by atoms with Gasteiger partial charge in [0.25, 0.3) is 0 Å². The highest BCUT2D eigenvalue weighted by Gasteiger charge is 2.36. The summed E-state index contributed by atoms with van der Waals surface area (Å²) in [6, 6.07) is 73.2. The van der Waals surface area contributed by atoms with Crippen molar-refractivity contribution in [3.05, 3.63) is 211 Å². The number of benzene rings is 10. The van der Waals surface area contributed by atoms with E-state index in [1.807, 2.05) is 0 Å². The van der Waals surface area contributed by atoms with E-state index in [2.05, 4.69) is 219 Å². The van der Waals surface area contributed by atoms with Crippen molar-refractivity contribution >= 4 is 49.4 Å². The molecule has 0 saturated carbocycles. The number of rotatable bonds is 4. The first-order valence-corrected chi connectivity index (χ1v) is 20.5. The molecular weight excluding hydrogens is 715 g/mol. The monoisotopic (exact) mass is 753 g/mol.